The van der Waals surface area contributed by atoms with Gasteiger partial charge in [-0.25, -0.2) is 4.98 Å². The molecule has 0 spiro atoms. The number of hydrogen-bond acceptors (Lipinski definition) is 7. The minimum Gasteiger partial charge on any atom is -0.462 e. The van der Waals surface area contributed by atoms with Crippen molar-refractivity contribution in [2.45, 2.75) is 32.9 Å². The van der Waals surface area contributed by atoms with Crippen LogP contribution >= 0.6 is 11.3 Å². The first-order valence-electron chi connectivity index (χ1n) is 9.72. The first-order valence-corrected chi connectivity index (χ1v) is 10.6. The van der Waals surface area contributed by atoms with Crippen molar-refractivity contribution in [3.05, 3.63) is 41.5 Å². The normalized spacial score (nSPS) is 15.0. The zero-order valence-corrected chi connectivity index (χ0v) is 18.0. The van der Waals surface area contributed by atoms with Gasteiger partial charge in [0.1, 0.15) is 5.60 Å². The Hall–Kier alpha value is -2.42. The highest BCUT2D eigenvalue weighted by atomic mass is 32.1. The second-order valence-corrected chi connectivity index (χ2v) is 8.78. The summed E-state index contributed by atoms with van der Waals surface area (Å²) in [7, 11) is 0. The van der Waals surface area contributed by atoms with E-state index in [1.165, 1.54) is 5.69 Å². The Morgan fingerprint density at radius 2 is 2.00 bits per heavy atom. The summed E-state index contributed by atoms with van der Waals surface area (Å²) in [4.78, 5) is 17.8. The van der Waals surface area contributed by atoms with Gasteiger partial charge in [-0.05, 0) is 26.8 Å². The third-order valence-corrected chi connectivity index (χ3v) is 5.41. The van der Waals surface area contributed by atoms with E-state index in [0.717, 1.165) is 54.6 Å². The molecule has 0 aliphatic carbocycles. The third kappa shape index (κ3) is 5.79. The molecule has 3 aromatic rings. The van der Waals surface area contributed by atoms with Crippen LogP contribution in [0.2, 0.25) is 0 Å². The lowest BCUT2D eigenvalue weighted by atomic mass is 10.1. The van der Waals surface area contributed by atoms with Gasteiger partial charge in [0.25, 0.3) is 6.47 Å². The van der Waals surface area contributed by atoms with Crippen LogP contribution in [0, 0.1) is 0 Å². The van der Waals surface area contributed by atoms with Crippen LogP contribution in [0.25, 0.3) is 16.2 Å². The van der Waals surface area contributed by atoms with E-state index < -0.39 is 0 Å². The SMILES string of the molecule is CC(C)(C)OC=O.Nc1ccccc1-c1cn2c(CN3CCNCC3)csc2n1. The van der Waals surface area contributed by atoms with E-state index in [2.05, 4.69) is 30.9 Å². The molecule has 1 aliphatic rings. The van der Waals surface area contributed by atoms with E-state index in [9.17, 15) is 4.79 Å². The average molecular weight is 416 g/mol. The van der Waals surface area contributed by atoms with E-state index in [-0.39, 0.29) is 5.60 Å². The van der Waals surface area contributed by atoms with Gasteiger partial charge in [0, 0.05) is 61.2 Å². The fourth-order valence-electron chi connectivity index (χ4n) is 3.05. The average Bonchev–Trinajstić information content (AvgIpc) is 3.24. The van der Waals surface area contributed by atoms with Crippen LogP contribution in [-0.4, -0.2) is 52.5 Å². The molecule has 0 radical (unpaired) electrons. The van der Waals surface area contributed by atoms with Crippen LogP contribution in [0.1, 0.15) is 26.5 Å². The Morgan fingerprint density at radius 3 is 2.62 bits per heavy atom. The maximum Gasteiger partial charge on any atom is 0.293 e. The molecule has 0 unspecified atom stereocenters. The summed E-state index contributed by atoms with van der Waals surface area (Å²) in [6.07, 6.45) is 2.11. The Bertz CT molecular complexity index is 938. The van der Waals surface area contributed by atoms with Gasteiger partial charge in [0.2, 0.25) is 0 Å². The van der Waals surface area contributed by atoms with Crippen molar-refractivity contribution in [3.8, 4) is 11.3 Å². The number of anilines is 1. The number of ether oxygens (including phenoxy) is 1. The minimum atomic E-state index is -0.318. The molecule has 1 aliphatic heterocycles. The number of imidazole rings is 1. The van der Waals surface area contributed by atoms with Crippen molar-refractivity contribution in [2.75, 3.05) is 31.9 Å². The molecule has 1 aromatic carbocycles. The zero-order valence-electron chi connectivity index (χ0n) is 17.2. The molecule has 0 saturated carbocycles. The number of benzene rings is 1. The number of nitrogen functional groups attached to an aromatic ring is 1. The quantitative estimate of drug-likeness (QED) is 0.503. The largest absolute Gasteiger partial charge is 0.462 e. The number of nitrogens with one attached hydrogen (secondary N) is 1. The van der Waals surface area contributed by atoms with E-state index >= 15 is 0 Å². The van der Waals surface area contributed by atoms with Crippen LogP contribution in [0.3, 0.4) is 0 Å². The van der Waals surface area contributed by atoms with Gasteiger partial charge in [0.15, 0.2) is 4.96 Å². The van der Waals surface area contributed by atoms with Crippen molar-refractivity contribution in [1.82, 2.24) is 19.6 Å². The Morgan fingerprint density at radius 1 is 1.28 bits per heavy atom. The Labute approximate surface area is 175 Å². The van der Waals surface area contributed by atoms with Crippen LogP contribution in [-0.2, 0) is 16.1 Å². The molecule has 1 fully saturated rings. The van der Waals surface area contributed by atoms with E-state index in [4.69, 9.17) is 10.7 Å². The fraction of sp³-hybridized carbons (Fsp3) is 0.429. The summed E-state index contributed by atoms with van der Waals surface area (Å²) in [6, 6.07) is 7.90. The highest BCUT2D eigenvalue weighted by Gasteiger charge is 2.15. The van der Waals surface area contributed by atoms with Gasteiger partial charge >= 0.3 is 0 Å². The van der Waals surface area contributed by atoms with Gasteiger partial charge in [0.05, 0.1) is 5.69 Å². The highest BCUT2D eigenvalue weighted by Crippen LogP contribution is 2.27. The van der Waals surface area contributed by atoms with Gasteiger partial charge < -0.3 is 15.8 Å². The summed E-state index contributed by atoms with van der Waals surface area (Å²) in [5.41, 5.74) is 9.78. The molecule has 2 aromatic heterocycles. The molecule has 3 N–H and O–H groups in total. The van der Waals surface area contributed by atoms with Gasteiger partial charge in [-0.15, -0.1) is 11.3 Å². The standard InChI is InChI=1S/C16H19N5S.C5H10O2/c17-14-4-2-1-3-13(14)15-10-21-12(11-22-16(21)19-15)9-20-7-5-18-6-8-20;1-5(2,3)7-4-6/h1-4,10-11,18H,5-9,17H2;4H,1-3H3. The molecule has 3 heterocycles. The van der Waals surface area contributed by atoms with Gasteiger partial charge in [-0.3, -0.25) is 14.1 Å². The molecule has 0 amide bonds. The van der Waals surface area contributed by atoms with Crippen LogP contribution < -0.4 is 11.1 Å². The van der Waals surface area contributed by atoms with Gasteiger partial charge in [-0.1, -0.05) is 18.2 Å². The van der Waals surface area contributed by atoms with Crippen molar-refractivity contribution < 1.29 is 9.53 Å². The highest BCUT2D eigenvalue weighted by molar-refractivity contribution is 7.15. The number of rotatable bonds is 4. The summed E-state index contributed by atoms with van der Waals surface area (Å²) >= 11 is 1.69. The van der Waals surface area contributed by atoms with Crippen molar-refractivity contribution >= 4 is 28.5 Å². The summed E-state index contributed by atoms with van der Waals surface area (Å²) in [5.74, 6) is 0. The van der Waals surface area contributed by atoms with Crippen LogP contribution in [0.4, 0.5) is 5.69 Å². The molecular weight excluding hydrogens is 386 g/mol. The Balaban J connectivity index is 0.000000298. The number of para-hydroxylation sites is 1. The molecule has 7 nitrogen and oxygen atoms in total. The molecule has 4 rings (SSSR count). The van der Waals surface area contributed by atoms with E-state index in [0.29, 0.717) is 6.47 Å². The number of carbonyl (C=O) groups is 1. The first-order chi connectivity index (χ1) is 13.9. The van der Waals surface area contributed by atoms with Crippen molar-refractivity contribution in [2.24, 2.45) is 0 Å². The molecule has 29 heavy (non-hydrogen) atoms. The number of fused-ring (bicyclic) bond motifs is 1. The first kappa shape index (κ1) is 21.3. The predicted molar refractivity (Wildman–Crippen MR) is 118 cm³/mol. The summed E-state index contributed by atoms with van der Waals surface area (Å²) in [5, 5.41) is 5.60. The number of aromatic nitrogens is 2. The number of carbonyl (C=O) groups excluding carboxylic acids is 1. The smallest absolute Gasteiger partial charge is 0.293 e. The predicted octanol–water partition coefficient (Wildman–Crippen LogP) is 3.01. The fourth-order valence-corrected chi connectivity index (χ4v) is 3.91. The summed E-state index contributed by atoms with van der Waals surface area (Å²) in [6.45, 7) is 11.2. The maximum atomic E-state index is 9.60. The van der Waals surface area contributed by atoms with E-state index in [1.54, 1.807) is 11.3 Å². The number of hydrogen-bond donors (Lipinski definition) is 2. The van der Waals surface area contributed by atoms with Crippen LogP contribution in [0.5, 0.6) is 0 Å². The Kier molecular flexibility index (Phi) is 6.89. The maximum absolute atomic E-state index is 9.60. The number of nitrogens with zero attached hydrogens (tertiary/aromatic N) is 3. The number of nitrogens with two attached hydrogens (primary N) is 1. The lowest BCUT2D eigenvalue weighted by Crippen LogP contribution is -2.43. The lowest BCUT2D eigenvalue weighted by Gasteiger charge is -2.26. The zero-order chi connectivity index (χ0) is 20.9. The lowest BCUT2D eigenvalue weighted by molar-refractivity contribution is -0.138. The molecule has 156 valence electrons. The monoisotopic (exact) mass is 415 g/mol. The second-order valence-electron chi connectivity index (χ2n) is 7.95. The molecular formula is C21H29N5O2S. The number of piperazine rings is 1. The van der Waals surface area contributed by atoms with Gasteiger partial charge in [-0.2, -0.15) is 0 Å². The topological polar surface area (TPSA) is 84.9 Å². The molecule has 0 bridgehead atoms. The molecule has 8 heteroatoms. The molecule has 1 saturated heterocycles. The van der Waals surface area contributed by atoms with E-state index in [1.807, 2.05) is 45.0 Å². The van der Waals surface area contributed by atoms with Crippen LogP contribution in [0.15, 0.2) is 35.8 Å². The van der Waals surface area contributed by atoms with Crippen molar-refractivity contribution in [3.63, 3.8) is 0 Å². The minimum absolute atomic E-state index is 0.318. The van der Waals surface area contributed by atoms with Crippen molar-refractivity contribution in [1.29, 1.82) is 0 Å². The molecule has 0 atom stereocenters. The summed E-state index contributed by atoms with van der Waals surface area (Å²) < 4.78 is 6.75. The third-order valence-electron chi connectivity index (χ3n) is 4.52. The second kappa shape index (κ2) is 9.39. The number of thiazole rings is 1.